The van der Waals surface area contributed by atoms with Gasteiger partial charge in [-0.25, -0.2) is 4.79 Å². The Labute approximate surface area is 101 Å². The van der Waals surface area contributed by atoms with Gasteiger partial charge in [0.05, 0.1) is 22.1 Å². The highest BCUT2D eigenvalue weighted by atomic mass is 79.9. The molecule has 0 fully saturated rings. The van der Waals surface area contributed by atoms with Crippen molar-refractivity contribution >= 4 is 33.6 Å². The van der Waals surface area contributed by atoms with Crippen LogP contribution < -0.4 is 5.32 Å². The second-order valence-electron chi connectivity index (χ2n) is 3.95. The standard InChI is InChI=1S/C9H13BrN2O2S/c1-9(2,3)14-8(13)11-5-7-6(10)4-12-15-7/h4H,5H2,1-3H3,(H,11,13). The molecule has 15 heavy (non-hydrogen) atoms. The summed E-state index contributed by atoms with van der Waals surface area (Å²) >= 11 is 4.68. The summed E-state index contributed by atoms with van der Waals surface area (Å²) in [6, 6.07) is 0. The summed E-state index contributed by atoms with van der Waals surface area (Å²) in [6.45, 7) is 5.92. The lowest BCUT2D eigenvalue weighted by molar-refractivity contribution is 0.0524. The topological polar surface area (TPSA) is 51.2 Å². The number of carbonyl (C=O) groups is 1. The molecular formula is C9H13BrN2O2S. The van der Waals surface area contributed by atoms with E-state index in [2.05, 4.69) is 25.6 Å². The fourth-order valence-electron chi connectivity index (χ4n) is 0.835. The number of ether oxygens (including phenoxy) is 1. The molecule has 1 rings (SSSR count). The van der Waals surface area contributed by atoms with Crippen molar-refractivity contribution in [1.29, 1.82) is 0 Å². The SMILES string of the molecule is CC(C)(C)OC(=O)NCc1sncc1Br. The van der Waals surface area contributed by atoms with E-state index in [0.717, 1.165) is 9.35 Å². The number of aromatic nitrogens is 1. The molecule has 0 aliphatic rings. The van der Waals surface area contributed by atoms with Crippen molar-refractivity contribution in [2.24, 2.45) is 0 Å². The first-order valence-electron chi connectivity index (χ1n) is 4.44. The van der Waals surface area contributed by atoms with E-state index >= 15 is 0 Å². The van der Waals surface area contributed by atoms with Crippen LogP contribution >= 0.6 is 27.5 Å². The minimum absolute atomic E-state index is 0.414. The first-order chi connectivity index (χ1) is 6.88. The van der Waals surface area contributed by atoms with Crippen molar-refractivity contribution in [3.05, 3.63) is 15.5 Å². The summed E-state index contributed by atoms with van der Waals surface area (Å²) < 4.78 is 9.98. The number of halogens is 1. The first-order valence-corrected chi connectivity index (χ1v) is 6.01. The molecule has 1 aromatic rings. The molecule has 0 radical (unpaired) electrons. The van der Waals surface area contributed by atoms with Crippen LogP contribution in [-0.4, -0.2) is 16.1 Å². The van der Waals surface area contributed by atoms with Crippen LogP contribution in [0.5, 0.6) is 0 Å². The predicted molar refractivity (Wildman–Crippen MR) is 62.9 cm³/mol. The van der Waals surface area contributed by atoms with Gasteiger partial charge in [0, 0.05) is 0 Å². The van der Waals surface area contributed by atoms with Gasteiger partial charge in [-0.15, -0.1) is 0 Å². The fraction of sp³-hybridized carbons (Fsp3) is 0.556. The average molecular weight is 293 g/mol. The molecule has 84 valence electrons. The minimum atomic E-state index is -0.463. The summed E-state index contributed by atoms with van der Waals surface area (Å²) in [7, 11) is 0. The van der Waals surface area contributed by atoms with Gasteiger partial charge in [-0.3, -0.25) is 0 Å². The van der Waals surface area contributed by atoms with Crippen LogP contribution in [0.15, 0.2) is 10.7 Å². The Morgan fingerprint density at radius 1 is 1.67 bits per heavy atom. The molecule has 4 nitrogen and oxygen atoms in total. The Balaban J connectivity index is 2.38. The molecule has 6 heteroatoms. The molecule has 1 heterocycles. The van der Waals surface area contributed by atoms with E-state index in [-0.39, 0.29) is 0 Å². The smallest absolute Gasteiger partial charge is 0.407 e. The number of alkyl carbamates (subject to hydrolysis) is 1. The second-order valence-corrected chi connectivity index (χ2v) is 5.69. The Morgan fingerprint density at radius 2 is 2.33 bits per heavy atom. The van der Waals surface area contributed by atoms with E-state index in [4.69, 9.17) is 4.74 Å². The van der Waals surface area contributed by atoms with Gasteiger partial charge in [0.25, 0.3) is 0 Å². The Hall–Kier alpha value is -0.620. The number of rotatable bonds is 2. The van der Waals surface area contributed by atoms with E-state index in [1.807, 2.05) is 20.8 Å². The molecule has 0 spiro atoms. The summed E-state index contributed by atoms with van der Waals surface area (Å²) in [5.41, 5.74) is -0.463. The van der Waals surface area contributed by atoms with Crippen molar-refractivity contribution in [3.63, 3.8) is 0 Å². The molecule has 0 saturated carbocycles. The Bertz CT molecular complexity index is 346. The van der Waals surface area contributed by atoms with Gasteiger partial charge in [0.2, 0.25) is 0 Å². The van der Waals surface area contributed by atoms with E-state index < -0.39 is 11.7 Å². The largest absolute Gasteiger partial charge is 0.444 e. The Morgan fingerprint density at radius 3 is 2.80 bits per heavy atom. The molecule has 0 bridgehead atoms. The molecule has 1 N–H and O–H groups in total. The van der Waals surface area contributed by atoms with Gasteiger partial charge in [0.1, 0.15) is 5.60 Å². The van der Waals surface area contributed by atoms with Gasteiger partial charge >= 0.3 is 6.09 Å². The van der Waals surface area contributed by atoms with Gasteiger partial charge in [-0.1, -0.05) is 0 Å². The monoisotopic (exact) mass is 292 g/mol. The van der Waals surface area contributed by atoms with Crippen LogP contribution in [0, 0.1) is 0 Å². The molecule has 1 amide bonds. The lowest BCUT2D eigenvalue weighted by atomic mass is 10.2. The first kappa shape index (κ1) is 12.4. The molecule has 0 aliphatic carbocycles. The van der Waals surface area contributed by atoms with Gasteiger partial charge < -0.3 is 10.1 Å². The van der Waals surface area contributed by atoms with Crippen molar-refractivity contribution < 1.29 is 9.53 Å². The lowest BCUT2D eigenvalue weighted by Crippen LogP contribution is -2.32. The van der Waals surface area contributed by atoms with Gasteiger partial charge in [-0.2, -0.15) is 4.37 Å². The van der Waals surface area contributed by atoms with Crippen LogP contribution in [0.1, 0.15) is 25.6 Å². The van der Waals surface area contributed by atoms with E-state index in [1.54, 1.807) is 6.20 Å². The van der Waals surface area contributed by atoms with Crippen molar-refractivity contribution in [1.82, 2.24) is 9.69 Å². The van der Waals surface area contributed by atoms with Gasteiger partial charge in [0.15, 0.2) is 0 Å². The number of hydrogen-bond acceptors (Lipinski definition) is 4. The highest BCUT2D eigenvalue weighted by Crippen LogP contribution is 2.19. The molecule has 0 atom stereocenters. The molecule has 1 aromatic heterocycles. The maximum Gasteiger partial charge on any atom is 0.407 e. The number of amides is 1. The van der Waals surface area contributed by atoms with Crippen LogP contribution in [0.3, 0.4) is 0 Å². The molecule has 0 aliphatic heterocycles. The third kappa shape index (κ3) is 4.61. The van der Waals surface area contributed by atoms with Crippen molar-refractivity contribution in [2.45, 2.75) is 32.9 Å². The minimum Gasteiger partial charge on any atom is -0.444 e. The number of carbonyl (C=O) groups excluding carboxylic acids is 1. The van der Waals surface area contributed by atoms with Crippen molar-refractivity contribution in [2.75, 3.05) is 0 Å². The van der Waals surface area contributed by atoms with Crippen LogP contribution in [0.4, 0.5) is 4.79 Å². The summed E-state index contributed by atoms with van der Waals surface area (Å²) in [5, 5.41) is 2.66. The number of hydrogen-bond donors (Lipinski definition) is 1. The molecule has 0 unspecified atom stereocenters. The van der Waals surface area contributed by atoms with Crippen LogP contribution in [-0.2, 0) is 11.3 Å². The fourth-order valence-corrected chi connectivity index (χ4v) is 1.99. The number of nitrogens with zero attached hydrogens (tertiary/aromatic N) is 1. The normalized spacial score (nSPS) is 11.2. The third-order valence-corrected chi connectivity index (χ3v) is 3.13. The quantitative estimate of drug-likeness (QED) is 0.912. The third-order valence-electron chi connectivity index (χ3n) is 1.39. The summed E-state index contributed by atoms with van der Waals surface area (Å²) in [5.74, 6) is 0. The van der Waals surface area contributed by atoms with E-state index in [1.165, 1.54) is 11.5 Å². The van der Waals surface area contributed by atoms with Crippen LogP contribution in [0.25, 0.3) is 0 Å². The highest BCUT2D eigenvalue weighted by Gasteiger charge is 2.16. The average Bonchev–Trinajstić information content (AvgIpc) is 2.44. The van der Waals surface area contributed by atoms with E-state index in [0.29, 0.717) is 6.54 Å². The molecule has 0 aromatic carbocycles. The zero-order chi connectivity index (χ0) is 11.5. The second kappa shape index (κ2) is 4.94. The lowest BCUT2D eigenvalue weighted by Gasteiger charge is -2.19. The van der Waals surface area contributed by atoms with Crippen LogP contribution in [0.2, 0.25) is 0 Å². The molecular weight excluding hydrogens is 280 g/mol. The zero-order valence-corrected chi connectivity index (χ0v) is 11.2. The number of nitrogens with one attached hydrogen (secondary N) is 1. The predicted octanol–water partition coefficient (Wildman–Crippen LogP) is 2.93. The Kier molecular flexibility index (Phi) is 4.10. The van der Waals surface area contributed by atoms with E-state index in [9.17, 15) is 4.79 Å². The molecule has 0 saturated heterocycles. The van der Waals surface area contributed by atoms with Gasteiger partial charge in [-0.05, 0) is 48.2 Å². The van der Waals surface area contributed by atoms with Crippen molar-refractivity contribution in [3.8, 4) is 0 Å². The highest BCUT2D eigenvalue weighted by molar-refractivity contribution is 9.10. The maximum atomic E-state index is 11.3. The summed E-state index contributed by atoms with van der Waals surface area (Å²) in [4.78, 5) is 12.3. The zero-order valence-electron chi connectivity index (χ0n) is 8.83. The maximum absolute atomic E-state index is 11.3. The summed E-state index contributed by atoms with van der Waals surface area (Å²) in [6.07, 6.45) is 1.29.